The highest BCUT2D eigenvalue weighted by molar-refractivity contribution is 5.78. The van der Waals surface area contributed by atoms with Crippen molar-refractivity contribution in [1.29, 1.82) is 0 Å². The van der Waals surface area contributed by atoms with E-state index in [-0.39, 0.29) is 11.9 Å². The van der Waals surface area contributed by atoms with Crippen LogP contribution < -0.4 is 4.74 Å². The van der Waals surface area contributed by atoms with Gasteiger partial charge in [-0.25, -0.2) is 0 Å². The fourth-order valence-corrected chi connectivity index (χ4v) is 4.59. The lowest BCUT2D eigenvalue weighted by atomic mass is 10.1. The van der Waals surface area contributed by atoms with Gasteiger partial charge in [-0.3, -0.25) is 14.7 Å². The van der Waals surface area contributed by atoms with Crippen molar-refractivity contribution in [2.45, 2.75) is 44.6 Å². The van der Waals surface area contributed by atoms with Gasteiger partial charge in [0.1, 0.15) is 5.75 Å². The lowest BCUT2D eigenvalue weighted by Gasteiger charge is -2.30. The molecule has 2 saturated heterocycles. The number of hydrogen-bond donors (Lipinski definition) is 0. The molecule has 1 amide bonds. The number of para-hydroxylation sites is 1. The first kappa shape index (κ1) is 19.9. The fraction of sp³-hybridized carbons (Fsp3) is 0.500. The molecule has 29 heavy (non-hydrogen) atoms. The molecule has 2 fully saturated rings. The van der Waals surface area contributed by atoms with E-state index in [0.29, 0.717) is 6.54 Å². The molecule has 0 bridgehead atoms. The van der Waals surface area contributed by atoms with Crippen LogP contribution in [0.5, 0.6) is 5.75 Å². The number of ether oxygens (including phenoxy) is 1. The molecule has 154 valence electrons. The molecule has 3 heterocycles. The number of amides is 1. The van der Waals surface area contributed by atoms with E-state index < -0.39 is 0 Å². The van der Waals surface area contributed by atoms with E-state index in [2.05, 4.69) is 29.2 Å². The van der Waals surface area contributed by atoms with Crippen molar-refractivity contribution in [1.82, 2.24) is 14.8 Å². The maximum Gasteiger partial charge on any atom is 0.236 e. The van der Waals surface area contributed by atoms with Crippen molar-refractivity contribution in [3.63, 3.8) is 0 Å². The first-order valence-corrected chi connectivity index (χ1v) is 10.8. The summed E-state index contributed by atoms with van der Waals surface area (Å²) in [6.07, 6.45) is 6.47. The average molecular weight is 394 g/mol. The Morgan fingerprint density at radius 3 is 2.69 bits per heavy atom. The largest absolute Gasteiger partial charge is 0.496 e. The highest BCUT2D eigenvalue weighted by atomic mass is 16.5. The lowest BCUT2D eigenvalue weighted by Crippen LogP contribution is -2.42. The summed E-state index contributed by atoms with van der Waals surface area (Å²) in [6, 6.07) is 14.6. The minimum Gasteiger partial charge on any atom is -0.496 e. The number of nitrogens with zero attached hydrogens (tertiary/aromatic N) is 3. The van der Waals surface area contributed by atoms with Crippen LogP contribution in [0.2, 0.25) is 0 Å². The molecule has 0 N–H and O–H groups in total. The summed E-state index contributed by atoms with van der Waals surface area (Å²) >= 11 is 0. The van der Waals surface area contributed by atoms with Gasteiger partial charge >= 0.3 is 0 Å². The summed E-state index contributed by atoms with van der Waals surface area (Å²) in [5.74, 6) is 1.18. The number of methoxy groups -OCH3 is 1. The summed E-state index contributed by atoms with van der Waals surface area (Å²) in [4.78, 5) is 22.1. The second kappa shape index (κ2) is 9.40. The van der Waals surface area contributed by atoms with Crippen LogP contribution in [0.25, 0.3) is 0 Å². The molecule has 1 atom stereocenters. The van der Waals surface area contributed by atoms with E-state index in [1.54, 1.807) is 7.11 Å². The van der Waals surface area contributed by atoms with E-state index in [0.717, 1.165) is 74.4 Å². The Kier molecular flexibility index (Phi) is 6.45. The van der Waals surface area contributed by atoms with Gasteiger partial charge in [0.25, 0.3) is 0 Å². The third-order valence-electron chi connectivity index (χ3n) is 6.14. The van der Waals surface area contributed by atoms with Gasteiger partial charge in [0.15, 0.2) is 0 Å². The smallest absolute Gasteiger partial charge is 0.236 e. The molecular weight excluding hydrogens is 362 g/mol. The Morgan fingerprint density at radius 1 is 1.03 bits per heavy atom. The molecule has 1 aromatic carbocycles. The summed E-state index contributed by atoms with van der Waals surface area (Å²) < 4.78 is 5.49. The van der Waals surface area contributed by atoms with Crippen LogP contribution in [0, 0.1) is 0 Å². The predicted molar refractivity (Wildman–Crippen MR) is 114 cm³/mol. The quantitative estimate of drug-likeness (QED) is 0.748. The van der Waals surface area contributed by atoms with Crippen LogP contribution in [0.4, 0.5) is 0 Å². The van der Waals surface area contributed by atoms with Crippen molar-refractivity contribution in [2.75, 3.05) is 33.3 Å². The molecule has 4 rings (SSSR count). The Labute approximate surface area is 173 Å². The average Bonchev–Trinajstić information content (AvgIpc) is 3.23. The zero-order valence-corrected chi connectivity index (χ0v) is 17.3. The van der Waals surface area contributed by atoms with E-state index in [1.807, 2.05) is 23.1 Å². The maximum atomic E-state index is 12.8. The Balaban J connectivity index is 1.46. The number of benzene rings is 1. The van der Waals surface area contributed by atoms with Gasteiger partial charge in [0.2, 0.25) is 5.91 Å². The Morgan fingerprint density at radius 2 is 1.86 bits per heavy atom. The van der Waals surface area contributed by atoms with Gasteiger partial charge < -0.3 is 9.64 Å². The summed E-state index contributed by atoms with van der Waals surface area (Å²) in [7, 11) is 1.71. The molecule has 0 radical (unpaired) electrons. The monoisotopic (exact) mass is 393 g/mol. The van der Waals surface area contributed by atoms with Gasteiger partial charge in [-0.2, -0.15) is 0 Å². The maximum absolute atomic E-state index is 12.8. The molecular formula is C24H31N3O2. The second-order valence-electron chi connectivity index (χ2n) is 8.11. The van der Waals surface area contributed by atoms with Crippen LogP contribution in [-0.4, -0.2) is 54.0 Å². The summed E-state index contributed by atoms with van der Waals surface area (Å²) in [5, 5.41) is 0. The Bertz CT molecular complexity index is 832. The number of carbonyl (C=O) groups excluding carboxylic acids is 1. The third kappa shape index (κ3) is 4.78. The van der Waals surface area contributed by atoms with Crippen molar-refractivity contribution in [3.8, 4) is 5.75 Å². The molecule has 5 nitrogen and oxygen atoms in total. The number of rotatable bonds is 6. The van der Waals surface area contributed by atoms with Gasteiger partial charge in [-0.05, 0) is 56.8 Å². The van der Waals surface area contributed by atoms with Crippen LogP contribution >= 0.6 is 0 Å². The molecule has 2 aliphatic rings. The van der Waals surface area contributed by atoms with Crippen molar-refractivity contribution in [2.24, 2.45) is 0 Å². The van der Waals surface area contributed by atoms with Gasteiger partial charge in [-0.1, -0.05) is 24.3 Å². The Hall–Kier alpha value is -2.40. The minimum absolute atomic E-state index is 0.237. The molecule has 0 unspecified atom stereocenters. The van der Waals surface area contributed by atoms with Gasteiger partial charge in [0.05, 0.1) is 25.4 Å². The van der Waals surface area contributed by atoms with Crippen molar-refractivity contribution < 1.29 is 9.53 Å². The molecule has 2 aliphatic heterocycles. The highest BCUT2D eigenvalue weighted by Gasteiger charge is 2.30. The van der Waals surface area contributed by atoms with Crippen molar-refractivity contribution >= 4 is 5.91 Å². The molecule has 0 spiro atoms. The van der Waals surface area contributed by atoms with E-state index in [9.17, 15) is 4.79 Å². The van der Waals surface area contributed by atoms with E-state index >= 15 is 0 Å². The minimum atomic E-state index is 0.237. The third-order valence-corrected chi connectivity index (χ3v) is 6.14. The number of aromatic nitrogens is 1. The lowest BCUT2D eigenvalue weighted by molar-refractivity contribution is -0.133. The first-order chi connectivity index (χ1) is 14.2. The zero-order chi connectivity index (χ0) is 20.1. The van der Waals surface area contributed by atoms with Gasteiger partial charge in [-0.15, -0.1) is 0 Å². The number of likely N-dealkylation sites (tertiary alicyclic amines) is 2. The number of piperidine rings is 1. The molecule has 0 aliphatic carbocycles. The van der Waals surface area contributed by atoms with Crippen LogP contribution in [0.1, 0.15) is 55.1 Å². The highest BCUT2D eigenvalue weighted by Crippen LogP contribution is 2.31. The van der Waals surface area contributed by atoms with Crippen LogP contribution in [0.15, 0.2) is 42.5 Å². The SMILES string of the molecule is COc1ccccc1Cc1cccc([C@H]2CCCN2CC(=O)N2CCCCC2)n1. The number of hydrogen-bond acceptors (Lipinski definition) is 4. The van der Waals surface area contributed by atoms with E-state index in [4.69, 9.17) is 9.72 Å². The number of carbonyl (C=O) groups is 1. The first-order valence-electron chi connectivity index (χ1n) is 10.8. The number of pyridine rings is 1. The standard InChI is InChI=1S/C24H31N3O2/c1-29-23-13-4-3-9-19(23)17-20-10-7-11-21(25-20)22-12-8-16-27(22)18-24(28)26-14-5-2-6-15-26/h3-4,7,9-11,13,22H,2,5-6,8,12,14-18H2,1H3/t22-/m1/s1. The fourth-order valence-electron chi connectivity index (χ4n) is 4.59. The van der Waals surface area contributed by atoms with Crippen LogP contribution in [0.3, 0.4) is 0 Å². The van der Waals surface area contributed by atoms with Crippen molar-refractivity contribution in [3.05, 3.63) is 59.4 Å². The molecule has 5 heteroatoms. The molecule has 0 saturated carbocycles. The normalized spacial score (nSPS) is 20.0. The zero-order valence-electron chi connectivity index (χ0n) is 17.3. The molecule has 2 aromatic rings. The molecule has 1 aromatic heterocycles. The topological polar surface area (TPSA) is 45.7 Å². The predicted octanol–water partition coefficient (Wildman–Crippen LogP) is 3.83. The summed E-state index contributed by atoms with van der Waals surface area (Å²) in [6.45, 7) is 3.33. The van der Waals surface area contributed by atoms with E-state index in [1.165, 1.54) is 6.42 Å². The summed E-state index contributed by atoms with van der Waals surface area (Å²) in [5.41, 5.74) is 3.27. The second-order valence-corrected chi connectivity index (χ2v) is 8.11. The van der Waals surface area contributed by atoms with Crippen LogP contribution in [-0.2, 0) is 11.2 Å². The van der Waals surface area contributed by atoms with Gasteiger partial charge in [0, 0.05) is 30.8 Å².